The number of alkyl halides is 1. The van der Waals surface area contributed by atoms with Gasteiger partial charge in [-0.3, -0.25) is 19.1 Å². The average molecular weight is 505 g/mol. The van der Waals surface area contributed by atoms with Gasteiger partial charge < -0.3 is 10.2 Å². The quantitative estimate of drug-likeness (QED) is 0.536. The van der Waals surface area contributed by atoms with E-state index < -0.39 is 29.8 Å². The van der Waals surface area contributed by atoms with Crippen LogP contribution in [0.5, 0.6) is 0 Å². The number of ketones is 1. The largest absolute Gasteiger partial charge is 0.326 e. The van der Waals surface area contributed by atoms with Crippen molar-refractivity contribution >= 4 is 50.1 Å². The van der Waals surface area contributed by atoms with E-state index in [0.29, 0.717) is 10.9 Å². The van der Waals surface area contributed by atoms with E-state index in [9.17, 15) is 23.2 Å². The van der Waals surface area contributed by atoms with Gasteiger partial charge in [-0.1, -0.05) is 24.3 Å². The molecule has 166 valence electrons. The summed E-state index contributed by atoms with van der Waals surface area (Å²) in [6.07, 6.45) is -1.57. The number of carbonyl (C=O) groups is 3. The Balaban J connectivity index is 1.56. The molecule has 1 aliphatic heterocycles. The normalized spacial score (nSPS) is 18.2. The van der Waals surface area contributed by atoms with Gasteiger partial charge in [-0.05, 0) is 34.1 Å². The van der Waals surface area contributed by atoms with Crippen molar-refractivity contribution in [3.63, 3.8) is 0 Å². The number of halogens is 3. The molecule has 10 heteroatoms. The summed E-state index contributed by atoms with van der Waals surface area (Å²) in [5.74, 6) is -2.10. The number of nitrogens with zero attached hydrogens (tertiary/aromatic N) is 3. The second kappa shape index (κ2) is 8.78. The molecule has 1 N–H and O–H groups in total. The number of hydrogen-bond acceptors (Lipinski definition) is 4. The zero-order valence-corrected chi connectivity index (χ0v) is 18.6. The highest BCUT2D eigenvalue weighted by Gasteiger charge is 2.40. The summed E-state index contributed by atoms with van der Waals surface area (Å²) >= 11 is 3.05. The molecule has 7 nitrogen and oxygen atoms in total. The summed E-state index contributed by atoms with van der Waals surface area (Å²) in [6, 6.07) is 10.3. The van der Waals surface area contributed by atoms with E-state index in [4.69, 9.17) is 0 Å². The van der Waals surface area contributed by atoms with Crippen molar-refractivity contribution in [3.05, 3.63) is 58.4 Å². The minimum absolute atomic E-state index is 0.0664. The molecule has 0 radical (unpaired) electrons. The molecule has 0 saturated carbocycles. The zero-order valence-electron chi connectivity index (χ0n) is 17.0. The Hall–Kier alpha value is -3.14. The van der Waals surface area contributed by atoms with E-state index >= 15 is 0 Å². The van der Waals surface area contributed by atoms with Gasteiger partial charge in [-0.25, -0.2) is 8.78 Å². The predicted molar refractivity (Wildman–Crippen MR) is 117 cm³/mol. The summed E-state index contributed by atoms with van der Waals surface area (Å²) in [7, 11) is 0. The maximum atomic E-state index is 14.2. The molecule has 1 aromatic heterocycles. The van der Waals surface area contributed by atoms with Crippen LogP contribution in [0, 0.1) is 5.82 Å². The molecule has 2 unspecified atom stereocenters. The first-order valence-corrected chi connectivity index (χ1v) is 10.7. The molecule has 32 heavy (non-hydrogen) atoms. The maximum absolute atomic E-state index is 14.2. The van der Waals surface area contributed by atoms with Crippen molar-refractivity contribution < 1.29 is 23.2 Å². The van der Waals surface area contributed by atoms with Crippen LogP contribution >= 0.6 is 15.9 Å². The molecule has 1 fully saturated rings. The van der Waals surface area contributed by atoms with Gasteiger partial charge in [0, 0.05) is 18.7 Å². The van der Waals surface area contributed by atoms with Crippen LogP contribution < -0.4 is 5.32 Å². The topological polar surface area (TPSA) is 84.3 Å². The number of aromatic nitrogens is 2. The Kier molecular flexibility index (Phi) is 6.05. The van der Waals surface area contributed by atoms with Crippen molar-refractivity contribution in [2.75, 3.05) is 11.9 Å². The maximum Gasteiger partial charge on any atom is 0.247 e. The molecule has 2 atom stereocenters. The Morgan fingerprint density at radius 3 is 2.69 bits per heavy atom. The van der Waals surface area contributed by atoms with E-state index in [2.05, 4.69) is 26.3 Å². The van der Waals surface area contributed by atoms with Crippen LogP contribution in [0.1, 0.15) is 23.8 Å². The Bertz CT molecular complexity index is 1230. The number of amides is 2. The first kappa shape index (κ1) is 22.1. The third kappa shape index (κ3) is 4.14. The molecule has 1 saturated heterocycles. The average Bonchev–Trinajstić information content (AvgIpc) is 3.33. The number of fused-ring (bicyclic) bond motifs is 1. The van der Waals surface area contributed by atoms with Crippen molar-refractivity contribution in [2.45, 2.75) is 32.1 Å². The van der Waals surface area contributed by atoms with E-state index in [-0.39, 0.29) is 41.1 Å². The lowest BCUT2D eigenvalue weighted by molar-refractivity contribution is -0.137. The van der Waals surface area contributed by atoms with Crippen LogP contribution in [0.4, 0.5) is 14.5 Å². The number of Topliss-reactive ketones (excluding diaryl/α,β-unsaturated/α-hetero) is 1. The molecule has 2 amide bonds. The molecule has 3 aromatic rings. The number of likely N-dealkylation sites (tertiary alicyclic amines) is 1. The third-order valence-electron chi connectivity index (χ3n) is 5.36. The van der Waals surface area contributed by atoms with Crippen LogP contribution in [0.15, 0.2) is 46.9 Å². The van der Waals surface area contributed by atoms with E-state index in [1.54, 1.807) is 30.3 Å². The summed E-state index contributed by atoms with van der Waals surface area (Å²) in [5.41, 5.74) is 0.750. The van der Waals surface area contributed by atoms with Crippen LogP contribution in [0.2, 0.25) is 0 Å². The van der Waals surface area contributed by atoms with E-state index in [1.807, 2.05) is 0 Å². The lowest BCUT2D eigenvalue weighted by Gasteiger charge is -2.24. The van der Waals surface area contributed by atoms with Crippen molar-refractivity contribution in [3.8, 4) is 0 Å². The minimum Gasteiger partial charge on any atom is -0.326 e. The number of para-hydroxylation sites is 1. The molecule has 2 aromatic carbocycles. The molecule has 0 spiro atoms. The number of anilines is 1. The Morgan fingerprint density at radius 1 is 1.19 bits per heavy atom. The van der Waals surface area contributed by atoms with Gasteiger partial charge in [-0.2, -0.15) is 5.10 Å². The highest BCUT2D eigenvalue weighted by molar-refractivity contribution is 9.10. The monoisotopic (exact) mass is 504 g/mol. The zero-order chi connectivity index (χ0) is 23.0. The second-order valence-electron chi connectivity index (χ2n) is 7.57. The first-order valence-electron chi connectivity index (χ1n) is 9.91. The summed E-state index contributed by atoms with van der Waals surface area (Å²) in [6.45, 7) is 0.864. The fraction of sp³-hybridized carbons (Fsp3) is 0.273. The highest BCUT2D eigenvalue weighted by atomic mass is 79.9. The van der Waals surface area contributed by atoms with Crippen LogP contribution in [0.25, 0.3) is 10.9 Å². The van der Waals surface area contributed by atoms with Gasteiger partial charge in [0.25, 0.3) is 0 Å². The van der Waals surface area contributed by atoms with E-state index in [0.717, 1.165) is 4.90 Å². The molecule has 4 rings (SSSR count). The number of hydrogen-bond donors (Lipinski definition) is 1. The van der Waals surface area contributed by atoms with Crippen LogP contribution in [-0.4, -0.2) is 51.0 Å². The number of nitrogens with one attached hydrogen (secondary N) is 1. The lowest BCUT2D eigenvalue weighted by atomic mass is 10.1. The van der Waals surface area contributed by atoms with Crippen molar-refractivity contribution in [2.24, 2.45) is 0 Å². The predicted octanol–water partition coefficient (Wildman–Crippen LogP) is 3.72. The Labute approximate surface area is 190 Å². The van der Waals surface area contributed by atoms with Gasteiger partial charge in [0.2, 0.25) is 11.8 Å². The lowest BCUT2D eigenvalue weighted by Crippen LogP contribution is -2.44. The molecule has 1 aliphatic rings. The molecule has 0 aliphatic carbocycles. The first-order chi connectivity index (χ1) is 15.3. The minimum atomic E-state index is -1.38. The second-order valence-corrected chi connectivity index (χ2v) is 8.42. The summed E-state index contributed by atoms with van der Waals surface area (Å²) in [4.78, 5) is 38.9. The molecule has 0 bridgehead atoms. The highest BCUT2D eigenvalue weighted by Crippen LogP contribution is 2.26. The summed E-state index contributed by atoms with van der Waals surface area (Å²) in [5, 5.41) is 7.30. The standard InChI is InChI=1S/C22H19BrF2N4O3/c1-12(30)21-14-5-2-3-8-17(14)29(27-21)11-19(31)28-10-13(24)9-18(28)22(32)26-16-7-4-6-15(23)20(16)25/h2-8,13,18H,9-11H2,1H3,(H,26,32). The smallest absolute Gasteiger partial charge is 0.247 e. The fourth-order valence-corrected chi connectivity index (χ4v) is 4.22. The van der Waals surface area contributed by atoms with Crippen LogP contribution in [-0.2, 0) is 16.1 Å². The van der Waals surface area contributed by atoms with Gasteiger partial charge in [-0.15, -0.1) is 0 Å². The van der Waals surface area contributed by atoms with Gasteiger partial charge >= 0.3 is 0 Å². The van der Waals surface area contributed by atoms with Gasteiger partial charge in [0.1, 0.15) is 24.5 Å². The van der Waals surface area contributed by atoms with Crippen molar-refractivity contribution in [1.29, 1.82) is 0 Å². The number of rotatable bonds is 5. The number of carbonyl (C=O) groups excluding carboxylic acids is 3. The SMILES string of the molecule is CC(=O)c1nn(CC(=O)N2CC(F)CC2C(=O)Nc2cccc(Br)c2F)c2ccccc12. The fourth-order valence-electron chi connectivity index (χ4n) is 3.85. The molecular formula is C22H19BrF2N4O3. The molecule has 2 heterocycles. The van der Waals surface area contributed by atoms with Crippen molar-refractivity contribution in [1.82, 2.24) is 14.7 Å². The van der Waals surface area contributed by atoms with E-state index in [1.165, 1.54) is 23.7 Å². The van der Waals surface area contributed by atoms with Gasteiger partial charge in [0.15, 0.2) is 11.6 Å². The number of benzene rings is 2. The van der Waals surface area contributed by atoms with Crippen LogP contribution in [0.3, 0.4) is 0 Å². The molecular weight excluding hydrogens is 486 g/mol. The summed E-state index contributed by atoms with van der Waals surface area (Å²) < 4.78 is 30.0. The van der Waals surface area contributed by atoms with Gasteiger partial charge in [0.05, 0.1) is 22.2 Å². The Morgan fingerprint density at radius 2 is 1.94 bits per heavy atom. The third-order valence-corrected chi connectivity index (χ3v) is 5.97.